The van der Waals surface area contributed by atoms with Gasteiger partial charge in [-0.3, -0.25) is 14.7 Å². The van der Waals surface area contributed by atoms with Crippen LogP contribution in [0.3, 0.4) is 0 Å². The first-order valence-corrected chi connectivity index (χ1v) is 9.78. The van der Waals surface area contributed by atoms with E-state index < -0.39 is 25.4 Å². The molecule has 2 atom stereocenters. The average Bonchev–Trinajstić information content (AvgIpc) is 2.55. The molecule has 136 valence electrons. The van der Waals surface area contributed by atoms with Gasteiger partial charge in [0.15, 0.2) is 0 Å². The Balaban J connectivity index is 3.27. The summed E-state index contributed by atoms with van der Waals surface area (Å²) in [5.74, 6) is -1.23. The molecule has 24 heavy (non-hydrogen) atoms. The van der Waals surface area contributed by atoms with E-state index in [9.17, 15) is 9.36 Å². The van der Waals surface area contributed by atoms with Crippen LogP contribution in [0.1, 0.15) is 39.0 Å². The normalized spacial score (nSPS) is 14.4. The van der Waals surface area contributed by atoms with Crippen LogP contribution in [0.2, 0.25) is 0 Å². The Labute approximate surface area is 144 Å². The number of hydrogen-bond donors (Lipinski definition) is 1. The molecule has 0 fully saturated rings. The Hall–Kier alpha value is -1.20. The summed E-state index contributed by atoms with van der Waals surface area (Å²) >= 11 is 0. The molecule has 1 N–H and O–H groups in total. The highest BCUT2D eigenvalue weighted by molar-refractivity contribution is 7.54. The summed E-state index contributed by atoms with van der Waals surface area (Å²) in [7, 11) is -2.18. The lowest BCUT2D eigenvalue weighted by molar-refractivity contribution is -0.144. The molecule has 0 amide bonds. The highest BCUT2D eigenvalue weighted by Crippen LogP contribution is 2.59. The minimum atomic E-state index is -3.51. The topological polar surface area (TPSA) is 73.9 Å². The Bertz CT molecular complexity index is 539. The van der Waals surface area contributed by atoms with Crippen LogP contribution in [0.4, 0.5) is 0 Å². The van der Waals surface area contributed by atoms with Crippen LogP contribution < -0.4 is 5.32 Å². The van der Waals surface area contributed by atoms with Crippen LogP contribution >= 0.6 is 7.60 Å². The lowest BCUT2D eigenvalue weighted by Gasteiger charge is -2.31. The standard InChI is InChI=1S/C17H28NO5P/c1-6-22-24(20,23-7-2)16(14-11-9-8-10-12-14)18-15(13(3)4)17(19)21-5/h8-13,15-16,18H,6-7H2,1-5H3/t15-,16?/m0/s1. The molecular formula is C17H28NO5P. The number of nitrogens with one attached hydrogen (secondary N) is 1. The number of rotatable bonds is 10. The van der Waals surface area contributed by atoms with E-state index in [1.165, 1.54) is 7.11 Å². The fourth-order valence-electron chi connectivity index (χ4n) is 2.38. The van der Waals surface area contributed by atoms with Crippen molar-refractivity contribution in [2.75, 3.05) is 20.3 Å². The monoisotopic (exact) mass is 357 g/mol. The molecule has 6 nitrogen and oxygen atoms in total. The molecule has 1 unspecified atom stereocenters. The second kappa shape index (κ2) is 9.94. The summed E-state index contributed by atoms with van der Waals surface area (Å²) in [4.78, 5) is 12.1. The number of hydrogen-bond acceptors (Lipinski definition) is 6. The van der Waals surface area contributed by atoms with Gasteiger partial charge in [-0.05, 0) is 25.3 Å². The lowest BCUT2D eigenvalue weighted by atomic mass is 10.0. The molecule has 7 heteroatoms. The fourth-order valence-corrected chi connectivity index (χ4v) is 4.35. The zero-order chi connectivity index (χ0) is 18.2. The highest BCUT2D eigenvalue weighted by Gasteiger charge is 2.40. The molecule has 0 aliphatic heterocycles. The maximum atomic E-state index is 13.3. The molecule has 0 aliphatic rings. The van der Waals surface area contributed by atoms with Crippen molar-refractivity contribution in [1.29, 1.82) is 0 Å². The Morgan fingerprint density at radius 3 is 2.08 bits per heavy atom. The van der Waals surface area contributed by atoms with Gasteiger partial charge in [-0.25, -0.2) is 0 Å². The maximum absolute atomic E-state index is 13.3. The van der Waals surface area contributed by atoms with Crippen molar-refractivity contribution < 1.29 is 23.1 Å². The van der Waals surface area contributed by atoms with Gasteiger partial charge in [-0.15, -0.1) is 0 Å². The summed E-state index contributed by atoms with van der Waals surface area (Å²) in [6.45, 7) is 7.79. The van der Waals surface area contributed by atoms with Crippen LogP contribution in [0.25, 0.3) is 0 Å². The Morgan fingerprint density at radius 1 is 1.12 bits per heavy atom. The molecule has 0 bridgehead atoms. The third kappa shape index (κ3) is 5.42. The summed E-state index contributed by atoms with van der Waals surface area (Å²) in [5, 5.41) is 3.14. The Kier molecular flexibility index (Phi) is 8.63. The van der Waals surface area contributed by atoms with Gasteiger partial charge < -0.3 is 13.8 Å². The first-order chi connectivity index (χ1) is 11.4. The van der Waals surface area contributed by atoms with Crippen molar-refractivity contribution in [3.05, 3.63) is 35.9 Å². The van der Waals surface area contributed by atoms with E-state index in [2.05, 4.69) is 5.32 Å². The van der Waals surface area contributed by atoms with Gasteiger partial charge in [0, 0.05) is 0 Å². The van der Waals surface area contributed by atoms with Gasteiger partial charge in [-0.2, -0.15) is 0 Å². The molecule has 0 saturated heterocycles. The quantitative estimate of drug-likeness (QED) is 0.508. The van der Waals surface area contributed by atoms with E-state index >= 15 is 0 Å². The van der Waals surface area contributed by atoms with Crippen LogP contribution in [0.15, 0.2) is 30.3 Å². The van der Waals surface area contributed by atoms with Crippen molar-refractivity contribution in [3.8, 4) is 0 Å². The maximum Gasteiger partial charge on any atom is 0.351 e. The van der Waals surface area contributed by atoms with E-state index in [0.717, 1.165) is 5.56 Å². The number of benzene rings is 1. The molecule has 0 spiro atoms. The molecular weight excluding hydrogens is 329 g/mol. The fraction of sp³-hybridized carbons (Fsp3) is 0.588. The largest absolute Gasteiger partial charge is 0.468 e. The number of esters is 1. The average molecular weight is 357 g/mol. The molecule has 0 radical (unpaired) electrons. The van der Waals surface area contributed by atoms with Crippen molar-refractivity contribution in [3.63, 3.8) is 0 Å². The van der Waals surface area contributed by atoms with Gasteiger partial charge in [-0.1, -0.05) is 44.2 Å². The number of carbonyl (C=O) groups excluding carboxylic acids is 1. The van der Waals surface area contributed by atoms with E-state index in [4.69, 9.17) is 13.8 Å². The summed E-state index contributed by atoms with van der Waals surface area (Å²) in [6, 6.07) is 8.58. The van der Waals surface area contributed by atoms with Crippen molar-refractivity contribution in [2.45, 2.75) is 39.5 Å². The predicted molar refractivity (Wildman–Crippen MR) is 93.8 cm³/mol. The Morgan fingerprint density at radius 2 is 1.67 bits per heavy atom. The smallest absolute Gasteiger partial charge is 0.351 e. The molecule has 0 heterocycles. The SMILES string of the molecule is CCOP(=O)(OCC)C(N[C@H](C(=O)OC)C(C)C)c1ccccc1. The van der Waals surface area contributed by atoms with Crippen LogP contribution in [-0.2, 0) is 23.1 Å². The molecule has 0 aromatic heterocycles. The van der Waals surface area contributed by atoms with E-state index in [1.807, 2.05) is 44.2 Å². The molecule has 0 saturated carbocycles. The highest BCUT2D eigenvalue weighted by atomic mass is 31.2. The van der Waals surface area contributed by atoms with Gasteiger partial charge >= 0.3 is 13.6 Å². The van der Waals surface area contributed by atoms with Gasteiger partial charge in [0.1, 0.15) is 11.8 Å². The van der Waals surface area contributed by atoms with Crippen molar-refractivity contribution in [2.24, 2.45) is 5.92 Å². The third-order valence-electron chi connectivity index (χ3n) is 3.51. The summed E-state index contributed by atoms with van der Waals surface area (Å²) < 4.78 is 29.2. The predicted octanol–water partition coefficient (Wildman–Crippen LogP) is 3.74. The molecule has 1 rings (SSSR count). The summed E-state index contributed by atoms with van der Waals surface area (Å²) in [5.41, 5.74) is 0.734. The molecule has 1 aromatic carbocycles. The minimum absolute atomic E-state index is 0.0552. The molecule has 0 aliphatic carbocycles. The molecule has 1 aromatic rings. The van der Waals surface area contributed by atoms with Crippen molar-refractivity contribution >= 4 is 13.6 Å². The zero-order valence-corrected chi connectivity index (χ0v) is 15.9. The van der Waals surface area contributed by atoms with Crippen LogP contribution in [-0.4, -0.2) is 32.3 Å². The zero-order valence-electron chi connectivity index (χ0n) is 15.0. The number of ether oxygens (including phenoxy) is 1. The van der Waals surface area contributed by atoms with E-state index in [1.54, 1.807) is 13.8 Å². The van der Waals surface area contributed by atoms with E-state index in [-0.39, 0.29) is 19.1 Å². The number of carbonyl (C=O) groups is 1. The van der Waals surface area contributed by atoms with Gasteiger partial charge in [0.05, 0.1) is 20.3 Å². The van der Waals surface area contributed by atoms with Gasteiger partial charge in [0.2, 0.25) is 0 Å². The summed E-state index contributed by atoms with van der Waals surface area (Å²) in [6.07, 6.45) is 0. The number of methoxy groups -OCH3 is 1. The lowest BCUT2D eigenvalue weighted by Crippen LogP contribution is -2.44. The van der Waals surface area contributed by atoms with Crippen molar-refractivity contribution in [1.82, 2.24) is 5.32 Å². The third-order valence-corrected chi connectivity index (χ3v) is 5.82. The minimum Gasteiger partial charge on any atom is -0.468 e. The van der Waals surface area contributed by atoms with Gasteiger partial charge in [0.25, 0.3) is 0 Å². The van der Waals surface area contributed by atoms with E-state index in [0.29, 0.717) is 0 Å². The van der Waals surface area contributed by atoms with Crippen LogP contribution in [0, 0.1) is 5.92 Å². The first kappa shape index (κ1) is 20.8. The second-order valence-electron chi connectivity index (χ2n) is 5.60. The second-order valence-corrected chi connectivity index (χ2v) is 7.71. The van der Waals surface area contributed by atoms with Crippen LogP contribution in [0.5, 0.6) is 0 Å². The first-order valence-electron chi connectivity index (χ1n) is 8.17.